The molecule has 174 valence electrons. The highest BCUT2D eigenvalue weighted by atomic mass is 32.1. The molecule has 9 nitrogen and oxygen atoms in total. The van der Waals surface area contributed by atoms with E-state index in [1.165, 1.54) is 41.4 Å². The van der Waals surface area contributed by atoms with Crippen molar-refractivity contribution in [1.29, 1.82) is 0 Å². The molecule has 4 aromatic rings. The van der Waals surface area contributed by atoms with Crippen molar-refractivity contribution in [2.24, 2.45) is 0 Å². The highest BCUT2D eigenvalue weighted by Crippen LogP contribution is 2.37. The first kappa shape index (κ1) is 22.4. The van der Waals surface area contributed by atoms with Crippen LogP contribution in [0, 0.1) is 17.0 Å². The molecule has 0 bridgehead atoms. The molecule has 0 saturated heterocycles. The smallest absolute Gasteiger partial charge is 0.272 e. The van der Waals surface area contributed by atoms with Crippen molar-refractivity contribution in [1.82, 2.24) is 9.88 Å². The lowest BCUT2D eigenvalue weighted by Crippen LogP contribution is -2.48. The van der Waals surface area contributed by atoms with Crippen molar-refractivity contribution in [3.05, 3.63) is 93.5 Å². The van der Waals surface area contributed by atoms with Crippen molar-refractivity contribution in [3.8, 4) is 0 Å². The van der Waals surface area contributed by atoms with Crippen LogP contribution < -0.4 is 4.90 Å². The number of hydrogen-bond donors (Lipinski definition) is 0. The monoisotopic (exact) mass is 486 g/mol. The van der Waals surface area contributed by atoms with Gasteiger partial charge in [0.05, 0.1) is 26.4 Å². The van der Waals surface area contributed by atoms with Gasteiger partial charge in [0.2, 0.25) is 0 Å². The second-order valence-corrected chi connectivity index (χ2v) is 9.05. The molecule has 0 saturated carbocycles. The molecule has 0 spiro atoms. The minimum atomic E-state index is -1.24. The Morgan fingerprint density at radius 1 is 1.03 bits per heavy atom. The van der Waals surface area contributed by atoms with E-state index in [0.717, 1.165) is 15.2 Å². The Hall–Kier alpha value is -4.44. The molecule has 3 amide bonds. The average molecular weight is 487 g/mol. The number of aryl methyl sites for hydroxylation is 1. The Bertz CT molecular complexity index is 1510. The third-order valence-corrected chi connectivity index (χ3v) is 6.94. The number of aromatic nitrogens is 1. The van der Waals surface area contributed by atoms with Crippen LogP contribution in [0.5, 0.6) is 0 Å². The molecule has 1 aromatic heterocycles. The summed E-state index contributed by atoms with van der Waals surface area (Å²) in [5, 5.41) is 11.9. The third kappa shape index (κ3) is 3.55. The fourth-order valence-electron chi connectivity index (χ4n) is 4.17. The predicted octanol–water partition coefficient (Wildman–Crippen LogP) is 4.86. The molecule has 1 atom stereocenters. The van der Waals surface area contributed by atoms with E-state index < -0.39 is 34.4 Å². The zero-order valence-electron chi connectivity index (χ0n) is 18.7. The lowest BCUT2D eigenvalue weighted by molar-refractivity contribution is -0.385. The SMILES string of the molecule is Cc1ccccc1N(C(=O)[C@H](C)N1C(=O)c2cccc([N+](=O)[O-])c2C1=O)c1nc2ccccc2s1. The maximum Gasteiger partial charge on any atom is 0.282 e. The van der Waals surface area contributed by atoms with Crippen LogP contribution in [0.3, 0.4) is 0 Å². The summed E-state index contributed by atoms with van der Waals surface area (Å²) in [4.78, 5) is 57.8. The molecule has 35 heavy (non-hydrogen) atoms. The van der Waals surface area contributed by atoms with E-state index in [-0.39, 0.29) is 11.1 Å². The molecule has 3 aromatic carbocycles. The highest BCUT2D eigenvalue weighted by molar-refractivity contribution is 7.22. The van der Waals surface area contributed by atoms with Crippen molar-refractivity contribution >= 4 is 55.8 Å². The Kier molecular flexibility index (Phi) is 5.37. The molecule has 1 aliphatic heterocycles. The number of fused-ring (bicyclic) bond motifs is 2. The molecule has 10 heteroatoms. The lowest BCUT2D eigenvalue weighted by Gasteiger charge is -2.28. The van der Waals surface area contributed by atoms with Crippen molar-refractivity contribution in [3.63, 3.8) is 0 Å². The van der Waals surface area contributed by atoms with Gasteiger partial charge in [-0.05, 0) is 43.7 Å². The standard InChI is InChI=1S/C25H18N4O5S/c1-14-8-3-5-11-18(14)28(25-26-17-10-4-6-13-20(17)35-25)22(30)15(2)27-23(31)16-9-7-12-19(29(33)34)21(16)24(27)32/h3-13,15H,1-2H3/t15-/m0/s1. The van der Waals surface area contributed by atoms with E-state index in [9.17, 15) is 24.5 Å². The quantitative estimate of drug-likeness (QED) is 0.226. The summed E-state index contributed by atoms with van der Waals surface area (Å²) >= 11 is 1.31. The highest BCUT2D eigenvalue weighted by Gasteiger charge is 2.46. The number of carbonyl (C=O) groups excluding carboxylic acids is 3. The minimum Gasteiger partial charge on any atom is -0.272 e. The van der Waals surface area contributed by atoms with Crippen molar-refractivity contribution in [2.75, 3.05) is 4.90 Å². The lowest BCUT2D eigenvalue weighted by atomic mass is 10.1. The summed E-state index contributed by atoms with van der Waals surface area (Å²) in [5.41, 5.74) is 1.21. The van der Waals surface area contributed by atoms with Crippen LogP contribution in [0.15, 0.2) is 66.7 Å². The molecular weight excluding hydrogens is 468 g/mol. The van der Waals surface area contributed by atoms with Crippen molar-refractivity contribution in [2.45, 2.75) is 19.9 Å². The van der Waals surface area contributed by atoms with Crippen LogP contribution >= 0.6 is 11.3 Å². The number of anilines is 2. The number of para-hydroxylation sites is 2. The van der Waals surface area contributed by atoms with Crippen LogP contribution in [0.2, 0.25) is 0 Å². The van der Waals surface area contributed by atoms with Gasteiger partial charge in [0, 0.05) is 6.07 Å². The number of thiazole rings is 1. The van der Waals surface area contributed by atoms with Gasteiger partial charge in [0.15, 0.2) is 5.13 Å². The number of imide groups is 1. The Morgan fingerprint density at radius 2 is 1.74 bits per heavy atom. The second kappa shape index (κ2) is 8.41. The Labute approximate surface area is 203 Å². The number of nitro groups is 1. The summed E-state index contributed by atoms with van der Waals surface area (Å²) in [6, 6.07) is 17.3. The molecule has 0 unspecified atom stereocenters. The largest absolute Gasteiger partial charge is 0.282 e. The average Bonchev–Trinajstić information content (AvgIpc) is 3.38. The second-order valence-electron chi connectivity index (χ2n) is 8.04. The van der Waals surface area contributed by atoms with E-state index in [2.05, 4.69) is 4.98 Å². The number of nitrogens with zero attached hydrogens (tertiary/aromatic N) is 4. The molecule has 5 rings (SSSR count). The van der Waals surface area contributed by atoms with Gasteiger partial charge in [0.25, 0.3) is 23.4 Å². The van der Waals surface area contributed by atoms with E-state index in [0.29, 0.717) is 16.3 Å². The zero-order valence-corrected chi connectivity index (χ0v) is 19.5. The zero-order chi connectivity index (χ0) is 24.9. The molecule has 2 heterocycles. The van der Waals surface area contributed by atoms with Crippen LogP contribution in [0.1, 0.15) is 33.2 Å². The van der Waals surface area contributed by atoms with Crippen LogP contribution in [-0.2, 0) is 4.79 Å². The normalized spacial score (nSPS) is 13.7. The molecule has 0 radical (unpaired) electrons. The first-order valence-electron chi connectivity index (χ1n) is 10.7. The fraction of sp³-hybridized carbons (Fsp3) is 0.120. The van der Waals surface area contributed by atoms with Gasteiger partial charge in [-0.2, -0.15) is 0 Å². The van der Waals surface area contributed by atoms with Gasteiger partial charge in [-0.25, -0.2) is 4.98 Å². The van der Waals surface area contributed by atoms with Gasteiger partial charge < -0.3 is 0 Å². The number of amides is 3. The number of benzene rings is 3. The maximum atomic E-state index is 13.9. The first-order chi connectivity index (χ1) is 16.8. The van der Waals surface area contributed by atoms with E-state index >= 15 is 0 Å². The molecule has 1 aliphatic rings. The van der Waals surface area contributed by atoms with Crippen LogP contribution in [0.4, 0.5) is 16.5 Å². The van der Waals surface area contributed by atoms with Gasteiger partial charge in [-0.15, -0.1) is 0 Å². The van der Waals surface area contributed by atoms with Gasteiger partial charge in [-0.1, -0.05) is 47.7 Å². The number of carbonyl (C=O) groups is 3. The molecule has 0 aliphatic carbocycles. The third-order valence-electron chi connectivity index (χ3n) is 5.92. The van der Waals surface area contributed by atoms with E-state index in [1.807, 2.05) is 43.3 Å². The Morgan fingerprint density at radius 3 is 2.46 bits per heavy atom. The topological polar surface area (TPSA) is 114 Å². The summed E-state index contributed by atoms with van der Waals surface area (Å²) in [7, 11) is 0. The summed E-state index contributed by atoms with van der Waals surface area (Å²) in [6.45, 7) is 3.29. The van der Waals surface area contributed by atoms with Crippen molar-refractivity contribution < 1.29 is 19.3 Å². The summed E-state index contributed by atoms with van der Waals surface area (Å²) in [6.07, 6.45) is 0. The van der Waals surface area contributed by atoms with E-state index in [4.69, 9.17) is 0 Å². The number of hydrogen-bond acceptors (Lipinski definition) is 7. The van der Waals surface area contributed by atoms with Gasteiger partial charge in [0.1, 0.15) is 11.6 Å². The predicted molar refractivity (Wildman–Crippen MR) is 131 cm³/mol. The fourth-order valence-corrected chi connectivity index (χ4v) is 5.16. The summed E-state index contributed by atoms with van der Waals surface area (Å²) < 4.78 is 0.873. The van der Waals surface area contributed by atoms with Gasteiger partial charge in [-0.3, -0.25) is 34.3 Å². The Balaban J connectivity index is 1.59. The number of nitro benzene ring substituents is 1. The molecule has 0 fully saturated rings. The van der Waals surface area contributed by atoms with Crippen LogP contribution in [0.25, 0.3) is 10.2 Å². The van der Waals surface area contributed by atoms with E-state index in [1.54, 1.807) is 12.1 Å². The number of rotatable bonds is 5. The van der Waals surface area contributed by atoms with Crippen LogP contribution in [-0.4, -0.2) is 38.6 Å². The summed E-state index contributed by atoms with van der Waals surface area (Å²) in [5.74, 6) is -2.17. The van der Waals surface area contributed by atoms with Gasteiger partial charge >= 0.3 is 0 Å². The molecular formula is C25H18N4O5S. The first-order valence-corrected chi connectivity index (χ1v) is 11.5. The molecule has 0 N–H and O–H groups in total. The minimum absolute atomic E-state index is 0.0914. The maximum absolute atomic E-state index is 13.9.